The van der Waals surface area contributed by atoms with Gasteiger partial charge in [0.15, 0.2) is 0 Å². The molecular weight excluding hydrogens is 385 g/mol. The second-order valence-electron chi connectivity index (χ2n) is 8.21. The Kier molecular flexibility index (Phi) is 4.43. The van der Waals surface area contributed by atoms with Crippen molar-refractivity contribution >= 4 is 5.91 Å². The average Bonchev–Trinajstić information content (AvgIpc) is 3.26. The molecule has 5 rings (SSSR count). The summed E-state index contributed by atoms with van der Waals surface area (Å²) in [5.41, 5.74) is 0.677. The van der Waals surface area contributed by atoms with Gasteiger partial charge in [0.2, 0.25) is 5.95 Å². The molecule has 0 aliphatic carbocycles. The molecule has 1 N–H and O–H groups in total. The third-order valence-corrected chi connectivity index (χ3v) is 6.39. The number of nitrogens with zero attached hydrogens (tertiary/aromatic N) is 3. The monoisotopic (exact) mass is 407 g/mol. The molecule has 4 heterocycles. The SMILES string of the molecule is Cc1onc(-c2ccccc2)c1C(=O)N1[C@@H]2CC[C@@H]1CC(O)(c1cccnc1F)C2. The topological polar surface area (TPSA) is 79.5 Å². The normalized spacial score (nSPS) is 25.5. The summed E-state index contributed by atoms with van der Waals surface area (Å²) in [6.07, 6.45) is 3.47. The second kappa shape index (κ2) is 7.02. The van der Waals surface area contributed by atoms with Crippen LogP contribution in [0.2, 0.25) is 0 Å². The quantitative estimate of drug-likeness (QED) is 0.668. The smallest absolute Gasteiger partial charge is 0.260 e. The summed E-state index contributed by atoms with van der Waals surface area (Å²) in [6, 6.07) is 12.3. The number of aromatic nitrogens is 2. The number of aryl methyl sites for hydroxylation is 1. The van der Waals surface area contributed by atoms with Crippen molar-refractivity contribution in [2.24, 2.45) is 0 Å². The Hall–Kier alpha value is -3.06. The lowest BCUT2D eigenvalue weighted by Crippen LogP contribution is -2.52. The van der Waals surface area contributed by atoms with Crippen LogP contribution in [0.25, 0.3) is 11.3 Å². The molecule has 2 atom stereocenters. The Balaban J connectivity index is 1.48. The van der Waals surface area contributed by atoms with Gasteiger partial charge in [-0.2, -0.15) is 4.39 Å². The number of hydrogen-bond donors (Lipinski definition) is 1. The first-order valence-corrected chi connectivity index (χ1v) is 10.2. The maximum Gasteiger partial charge on any atom is 0.260 e. The molecule has 154 valence electrons. The minimum atomic E-state index is -1.33. The lowest BCUT2D eigenvalue weighted by atomic mass is 9.80. The van der Waals surface area contributed by atoms with Crippen LogP contribution in [-0.2, 0) is 5.60 Å². The first kappa shape index (κ1) is 18.9. The van der Waals surface area contributed by atoms with E-state index < -0.39 is 11.5 Å². The second-order valence-corrected chi connectivity index (χ2v) is 8.21. The van der Waals surface area contributed by atoms with Gasteiger partial charge in [0.1, 0.15) is 17.0 Å². The fraction of sp³-hybridized carbons (Fsp3) is 0.348. The molecule has 0 spiro atoms. The van der Waals surface area contributed by atoms with E-state index in [1.165, 1.54) is 6.20 Å². The zero-order valence-corrected chi connectivity index (χ0v) is 16.6. The number of amides is 1. The van der Waals surface area contributed by atoms with Crippen molar-refractivity contribution in [2.75, 3.05) is 0 Å². The highest BCUT2D eigenvalue weighted by Crippen LogP contribution is 2.47. The maximum absolute atomic E-state index is 14.3. The van der Waals surface area contributed by atoms with Crippen molar-refractivity contribution in [3.63, 3.8) is 0 Å². The van der Waals surface area contributed by atoms with Gasteiger partial charge in [0, 0.05) is 42.2 Å². The molecule has 30 heavy (non-hydrogen) atoms. The number of carbonyl (C=O) groups is 1. The van der Waals surface area contributed by atoms with Crippen molar-refractivity contribution in [2.45, 2.75) is 50.3 Å². The minimum Gasteiger partial charge on any atom is -0.385 e. The molecule has 7 heteroatoms. The van der Waals surface area contributed by atoms with Crippen molar-refractivity contribution in [3.8, 4) is 11.3 Å². The molecule has 0 radical (unpaired) electrons. The minimum absolute atomic E-state index is 0.145. The van der Waals surface area contributed by atoms with Crippen LogP contribution in [0.1, 0.15) is 47.4 Å². The van der Waals surface area contributed by atoms with E-state index >= 15 is 0 Å². The molecule has 1 aromatic carbocycles. The summed E-state index contributed by atoms with van der Waals surface area (Å²) in [5.74, 6) is -0.327. The number of halogens is 1. The van der Waals surface area contributed by atoms with Crippen LogP contribution < -0.4 is 0 Å². The van der Waals surface area contributed by atoms with E-state index in [0.29, 0.717) is 17.0 Å². The average molecular weight is 407 g/mol. The number of carbonyl (C=O) groups excluding carboxylic acids is 1. The van der Waals surface area contributed by atoms with E-state index in [-0.39, 0.29) is 36.4 Å². The summed E-state index contributed by atoms with van der Waals surface area (Å²) in [6.45, 7) is 1.74. The third-order valence-electron chi connectivity index (χ3n) is 6.39. The highest BCUT2D eigenvalue weighted by Gasteiger charge is 2.51. The van der Waals surface area contributed by atoms with Crippen molar-refractivity contribution < 1.29 is 18.8 Å². The van der Waals surface area contributed by atoms with E-state index in [1.807, 2.05) is 35.2 Å². The van der Waals surface area contributed by atoms with Gasteiger partial charge in [-0.15, -0.1) is 0 Å². The van der Waals surface area contributed by atoms with E-state index in [1.54, 1.807) is 19.1 Å². The molecule has 2 aliphatic rings. The molecule has 2 bridgehead atoms. The Bertz CT molecular complexity index is 1080. The third kappa shape index (κ3) is 2.92. The number of piperidine rings is 1. The number of hydrogen-bond acceptors (Lipinski definition) is 5. The van der Waals surface area contributed by atoms with Crippen molar-refractivity contribution in [3.05, 3.63) is 71.5 Å². The van der Waals surface area contributed by atoms with E-state index in [2.05, 4.69) is 10.1 Å². The highest BCUT2D eigenvalue weighted by molar-refractivity contribution is 6.01. The van der Waals surface area contributed by atoms with Crippen LogP contribution >= 0.6 is 0 Å². The number of benzene rings is 1. The number of rotatable bonds is 3. The van der Waals surface area contributed by atoms with Gasteiger partial charge in [0.05, 0.1) is 5.60 Å². The van der Waals surface area contributed by atoms with E-state index in [9.17, 15) is 14.3 Å². The van der Waals surface area contributed by atoms with E-state index in [0.717, 1.165) is 18.4 Å². The van der Waals surface area contributed by atoms with Gasteiger partial charge in [-0.05, 0) is 25.8 Å². The zero-order chi connectivity index (χ0) is 20.9. The summed E-state index contributed by atoms with van der Waals surface area (Å²) in [7, 11) is 0. The maximum atomic E-state index is 14.3. The predicted molar refractivity (Wildman–Crippen MR) is 107 cm³/mol. The molecule has 1 amide bonds. The molecular formula is C23H22FN3O3. The molecule has 2 saturated heterocycles. The summed E-state index contributed by atoms with van der Waals surface area (Å²) in [5, 5.41) is 15.4. The van der Waals surface area contributed by atoms with Gasteiger partial charge < -0.3 is 14.5 Å². The van der Waals surface area contributed by atoms with Crippen LogP contribution in [0.15, 0.2) is 53.2 Å². The van der Waals surface area contributed by atoms with Crippen LogP contribution in [0.3, 0.4) is 0 Å². The van der Waals surface area contributed by atoms with Gasteiger partial charge in [-0.1, -0.05) is 41.6 Å². The first-order chi connectivity index (χ1) is 14.5. The molecule has 0 unspecified atom stereocenters. The predicted octanol–water partition coefficient (Wildman–Crippen LogP) is 3.84. The summed E-state index contributed by atoms with van der Waals surface area (Å²) in [4.78, 5) is 19.1. The molecule has 3 aromatic rings. The van der Waals surface area contributed by atoms with Gasteiger partial charge in [0.25, 0.3) is 5.91 Å². The van der Waals surface area contributed by atoms with Gasteiger partial charge >= 0.3 is 0 Å². The lowest BCUT2D eigenvalue weighted by molar-refractivity contribution is -0.0504. The number of pyridine rings is 1. The van der Waals surface area contributed by atoms with Crippen LogP contribution in [-0.4, -0.2) is 38.1 Å². The lowest BCUT2D eigenvalue weighted by Gasteiger charge is -2.44. The highest BCUT2D eigenvalue weighted by atomic mass is 19.1. The fourth-order valence-electron chi connectivity index (χ4n) is 5.06. The molecule has 0 saturated carbocycles. The van der Waals surface area contributed by atoms with Crippen LogP contribution in [0.4, 0.5) is 4.39 Å². The van der Waals surface area contributed by atoms with Crippen molar-refractivity contribution in [1.29, 1.82) is 0 Å². The van der Waals surface area contributed by atoms with Gasteiger partial charge in [-0.25, -0.2) is 4.98 Å². The first-order valence-electron chi connectivity index (χ1n) is 10.2. The molecule has 2 aliphatic heterocycles. The molecule has 2 fully saturated rings. The Morgan fingerprint density at radius 1 is 1.17 bits per heavy atom. The number of fused-ring (bicyclic) bond motifs is 2. The standard InChI is InChI=1S/C23H22FN3O3/c1-14-19(20(26-30-14)15-6-3-2-4-7-15)22(28)27-16-9-10-17(27)13-23(29,12-16)18-8-5-11-25-21(18)24/h2-8,11,16-17,29H,9-10,12-13H2,1H3/t16-,17-/m1/s1. The van der Waals surface area contributed by atoms with Crippen molar-refractivity contribution in [1.82, 2.24) is 15.0 Å². The fourth-order valence-corrected chi connectivity index (χ4v) is 5.06. The Labute approximate surface area is 173 Å². The molecule has 6 nitrogen and oxygen atoms in total. The summed E-state index contributed by atoms with van der Waals surface area (Å²) >= 11 is 0. The summed E-state index contributed by atoms with van der Waals surface area (Å²) < 4.78 is 19.7. The largest absolute Gasteiger partial charge is 0.385 e. The Morgan fingerprint density at radius 3 is 2.53 bits per heavy atom. The van der Waals surface area contributed by atoms with E-state index in [4.69, 9.17) is 4.52 Å². The zero-order valence-electron chi connectivity index (χ0n) is 16.6. The van der Waals surface area contributed by atoms with Gasteiger partial charge in [-0.3, -0.25) is 4.79 Å². The van der Waals surface area contributed by atoms with Crippen LogP contribution in [0, 0.1) is 12.9 Å². The van der Waals surface area contributed by atoms with Crippen LogP contribution in [0.5, 0.6) is 0 Å². The molecule has 2 aromatic heterocycles. The Morgan fingerprint density at radius 2 is 1.87 bits per heavy atom. The number of aliphatic hydroxyl groups is 1.